The van der Waals surface area contributed by atoms with Crippen molar-refractivity contribution in [1.82, 2.24) is 15.5 Å². The zero-order chi connectivity index (χ0) is 13.5. The van der Waals surface area contributed by atoms with Crippen molar-refractivity contribution >= 4 is 0 Å². The standard InChI is InChI=1S/C16H27N3/c1-14-4-5-16(15(2)12-14)13-18-6-3-9-19-10-7-17-8-11-19/h4-5,12,17-18H,3,6-11,13H2,1-2H3. The molecular weight excluding hydrogens is 234 g/mol. The summed E-state index contributed by atoms with van der Waals surface area (Å²) >= 11 is 0. The average Bonchev–Trinajstić information content (AvgIpc) is 2.42. The molecule has 1 aromatic rings. The van der Waals surface area contributed by atoms with Crippen molar-refractivity contribution < 1.29 is 0 Å². The smallest absolute Gasteiger partial charge is 0.0208 e. The van der Waals surface area contributed by atoms with E-state index in [-0.39, 0.29) is 0 Å². The van der Waals surface area contributed by atoms with E-state index in [0.717, 1.165) is 26.2 Å². The van der Waals surface area contributed by atoms with Crippen molar-refractivity contribution in [2.75, 3.05) is 39.3 Å². The second-order valence-electron chi connectivity index (χ2n) is 5.55. The van der Waals surface area contributed by atoms with E-state index >= 15 is 0 Å². The highest BCUT2D eigenvalue weighted by atomic mass is 15.2. The summed E-state index contributed by atoms with van der Waals surface area (Å²) in [6.07, 6.45) is 1.24. The van der Waals surface area contributed by atoms with Gasteiger partial charge in [0.1, 0.15) is 0 Å². The summed E-state index contributed by atoms with van der Waals surface area (Å²) in [7, 11) is 0. The predicted molar refractivity (Wildman–Crippen MR) is 81.5 cm³/mol. The van der Waals surface area contributed by atoms with Gasteiger partial charge in [-0.15, -0.1) is 0 Å². The number of nitrogens with zero attached hydrogens (tertiary/aromatic N) is 1. The van der Waals surface area contributed by atoms with Gasteiger partial charge in [0, 0.05) is 32.7 Å². The maximum absolute atomic E-state index is 3.56. The van der Waals surface area contributed by atoms with Gasteiger partial charge in [-0.2, -0.15) is 0 Å². The number of nitrogens with one attached hydrogen (secondary N) is 2. The minimum Gasteiger partial charge on any atom is -0.314 e. The molecular formula is C16H27N3. The maximum atomic E-state index is 3.56. The molecule has 1 aliphatic rings. The van der Waals surface area contributed by atoms with Crippen LogP contribution in [-0.4, -0.2) is 44.2 Å². The lowest BCUT2D eigenvalue weighted by Crippen LogP contribution is -2.44. The van der Waals surface area contributed by atoms with Crippen LogP contribution in [-0.2, 0) is 6.54 Å². The molecule has 2 N–H and O–H groups in total. The van der Waals surface area contributed by atoms with Gasteiger partial charge < -0.3 is 15.5 Å². The predicted octanol–water partition coefficient (Wildman–Crippen LogP) is 1.69. The number of benzene rings is 1. The Kier molecular flexibility index (Phi) is 5.83. The van der Waals surface area contributed by atoms with Gasteiger partial charge in [0.15, 0.2) is 0 Å². The minimum absolute atomic E-state index is 0.994. The SMILES string of the molecule is Cc1ccc(CNCCCN2CCNCC2)c(C)c1. The van der Waals surface area contributed by atoms with Crippen molar-refractivity contribution in [1.29, 1.82) is 0 Å². The number of hydrogen-bond acceptors (Lipinski definition) is 3. The second-order valence-corrected chi connectivity index (χ2v) is 5.55. The monoisotopic (exact) mass is 261 g/mol. The van der Waals surface area contributed by atoms with Crippen LogP contribution in [0.5, 0.6) is 0 Å². The molecule has 0 amide bonds. The Hall–Kier alpha value is -0.900. The molecule has 0 aliphatic carbocycles. The summed E-state index contributed by atoms with van der Waals surface area (Å²) in [5.74, 6) is 0. The van der Waals surface area contributed by atoms with Gasteiger partial charge >= 0.3 is 0 Å². The van der Waals surface area contributed by atoms with Gasteiger partial charge in [-0.05, 0) is 44.5 Å². The first kappa shape index (κ1) is 14.5. The summed E-state index contributed by atoms with van der Waals surface area (Å²) in [4.78, 5) is 2.55. The Morgan fingerprint density at radius 3 is 2.74 bits per heavy atom. The van der Waals surface area contributed by atoms with E-state index in [2.05, 4.69) is 47.6 Å². The Labute approximate surface area is 117 Å². The average molecular weight is 261 g/mol. The van der Waals surface area contributed by atoms with Crippen LogP contribution in [0.15, 0.2) is 18.2 Å². The first-order valence-electron chi connectivity index (χ1n) is 7.45. The number of aryl methyl sites for hydroxylation is 2. The van der Waals surface area contributed by atoms with Crippen LogP contribution in [0.4, 0.5) is 0 Å². The zero-order valence-electron chi connectivity index (χ0n) is 12.3. The van der Waals surface area contributed by atoms with Gasteiger partial charge in [-0.1, -0.05) is 23.8 Å². The fourth-order valence-corrected chi connectivity index (χ4v) is 2.63. The summed E-state index contributed by atoms with van der Waals surface area (Å²) in [6.45, 7) is 12.4. The number of hydrogen-bond donors (Lipinski definition) is 2. The van der Waals surface area contributed by atoms with Crippen LogP contribution in [0.2, 0.25) is 0 Å². The van der Waals surface area contributed by atoms with E-state index in [9.17, 15) is 0 Å². The summed E-state index contributed by atoms with van der Waals surface area (Å²) in [6, 6.07) is 6.70. The lowest BCUT2D eigenvalue weighted by atomic mass is 10.1. The van der Waals surface area contributed by atoms with Gasteiger partial charge in [0.05, 0.1) is 0 Å². The van der Waals surface area contributed by atoms with Crippen molar-refractivity contribution in [3.05, 3.63) is 34.9 Å². The van der Waals surface area contributed by atoms with Crippen molar-refractivity contribution in [2.24, 2.45) is 0 Å². The molecule has 106 valence electrons. The van der Waals surface area contributed by atoms with E-state index in [1.54, 1.807) is 0 Å². The van der Waals surface area contributed by atoms with E-state index in [1.165, 1.54) is 42.7 Å². The molecule has 0 saturated carbocycles. The van der Waals surface area contributed by atoms with Crippen LogP contribution < -0.4 is 10.6 Å². The van der Waals surface area contributed by atoms with Gasteiger partial charge in [0.25, 0.3) is 0 Å². The lowest BCUT2D eigenvalue weighted by Gasteiger charge is -2.27. The van der Waals surface area contributed by atoms with E-state index in [0.29, 0.717) is 0 Å². The first-order valence-corrected chi connectivity index (χ1v) is 7.45. The molecule has 19 heavy (non-hydrogen) atoms. The number of rotatable bonds is 6. The Bertz CT molecular complexity index is 384. The molecule has 2 rings (SSSR count). The first-order chi connectivity index (χ1) is 9.25. The minimum atomic E-state index is 0.994. The van der Waals surface area contributed by atoms with Crippen LogP contribution in [0.1, 0.15) is 23.1 Å². The number of piperazine rings is 1. The molecule has 0 aromatic heterocycles. The molecule has 1 aromatic carbocycles. The van der Waals surface area contributed by atoms with Crippen LogP contribution in [0.3, 0.4) is 0 Å². The summed E-state index contributed by atoms with van der Waals surface area (Å²) < 4.78 is 0. The van der Waals surface area contributed by atoms with Crippen LogP contribution in [0.25, 0.3) is 0 Å². The highest BCUT2D eigenvalue weighted by Gasteiger charge is 2.08. The molecule has 0 radical (unpaired) electrons. The molecule has 0 spiro atoms. The van der Waals surface area contributed by atoms with Crippen LogP contribution in [0, 0.1) is 13.8 Å². The molecule has 3 nitrogen and oxygen atoms in total. The van der Waals surface area contributed by atoms with Crippen LogP contribution >= 0.6 is 0 Å². The Morgan fingerprint density at radius 1 is 1.21 bits per heavy atom. The molecule has 0 unspecified atom stereocenters. The van der Waals surface area contributed by atoms with E-state index in [4.69, 9.17) is 0 Å². The largest absolute Gasteiger partial charge is 0.314 e. The Morgan fingerprint density at radius 2 is 2.00 bits per heavy atom. The second kappa shape index (κ2) is 7.63. The maximum Gasteiger partial charge on any atom is 0.0208 e. The topological polar surface area (TPSA) is 27.3 Å². The van der Waals surface area contributed by atoms with Gasteiger partial charge in [-0.3, -0.25) is 0 Å². The molecule has 1 aliphatic heterocycles. The molecule has 0 atom stereocenters. The highest BCUT2D eigenvalue weighted by molar-refractivity contribution is 5.30. The molecule has 0 bridgehead atoms. The third-order valence-corrected chi connectivity index (χ3v) is 3.85. The molecule has 1 heterocycles. The highest BCUT2D eigenvalue weighted by Crippen LogP contribution is 2.09. The summed E-state index contributed by atoms with van der Waals surface area (Å²) in [5, 5.41) is 6.95. The normalized spacial score (nSPS) is 16.7. The third-order valence-electron chi connectivity index (χ3n) is 3.85. The van der Waals surface area contributed by atoms with Gasteiger partial charge in [0.2, 0.25) is 0 Å². The molecule has 1 saturated heterocycles. The fourth-order valence-electron chi connectivity index (χ4n) is 2.63. The lowest BCUT2D eigenvalue weighted by molar-refractivity contribution is 0.237. The van der Waals surface area contributed by atoms with Crippen molar-refractivity contribution in [2.45, 2.75) is 26.8 Å². The quantitative estimate of drug-likeness (QED) is 0.763. The molecule has 3 heteroatoms. The third kappa shape index (κ3) is 4.94. The Balaban J connectivity index is 1.61. The van der Waals surface area contributed by atoms with Gasteiger partial charge in [-0.25, -0.2) is 0 Å². The molecule has 1 fully saturated rings. The zero-order valence-corrected chi connectivity index (χ0v) is 12.3. The fraction of sp³-hybridized carbons (Fsp3) is 0.625. The van der Waals surface area contributed by atoms with Crippen molar-refractivity contribution in [3.63, 3.8) is 0 Å². The van der Waals surface area contributed by atoms with Crippen molar-refractivity contribution in [3.8, 4) is 0 Å². The summed E-state index contributed by atoms with van der Waals surface area (Å²) in [5.41, 5.74) is 4.17. The van der Waals surface area contributed by atoms with E-state index in [1.807, 2.05) is 0 Å². The van der Waals surface area contributed by atoms with E-state index < -0.39 is 0 Å².